The molecule has 33 heavy (non-hydrogen) atoms. The molecule has 0 spiro atoms. The minimum absolute atomic E-state index is 0.0872. The van der Waals surface area contributed by atoms with Crippen molar-refractivity contribution in [2.24, 2.45) is 21.9 Å². The zero-order valence-electron chi connectivity index (χ0n) is 18.7. The van der Waals surface area contributed by atoms with Crippen LogP contribution in [0.2, 0.25) is 0 Å². The highest BCUT2D eigenvalue weighted by atomic mass is 32.2. The Morgan fingerprint density at radius 1 is 1.00 bits per heavy atom. The lowest BCUT2D eigenvalue weighted by atomic mass is 9.88. The van der Waals surface area contributed by atoms with Gasteiger partial charge in [0.15, 0.2) is 5.84 Å². The van der Waals surface area contributed by atoms with Crippen LogP contribution in [0.5, 0.6) is 0 Å². The maximum absolute atomic E-state index is 13.5. The highest BCUT2D eigenvalue weighted by Crippen LogP contribution is 2.37. The van der Waals surface area contributed by atoms with Gasteiger partial charge in [-0.25, -0.2) is 5.84 Å². The molecule has 2 aromatic rings. The first-order valence-corrected chi connectivity index (χ1v) is 13.5. The maximum Gasteiger partial charge on any atom is 0.168 e. The van der Waals surface area contributed by atoms with Gasteiger partial charge < -0.3 is 21.9 Å². The molecular weight excluding hydrogens is 454 g/mol. The molecule has 4 rings (SSSR count). The van der Waals surface area contributed by atoms with Crippen LogP contribution in [0.4, 0.5) is 0 Å². The summed E-state index contributed by atoms with van der Waals surface area (Å²) >= 11 is 1.06. The van der Waals surface area contributed by atoms with Crippen molar-refractivity contribution in [3.05, 3.63) is 47.5 Å². The second-order valence-electron chi connectivity index (χ2n) is 8.45. The average Bonchev–Trinajstić information content (AvgIpc) is 2.89. The molecule has 2 aliphatic heterocycles. The number of rotatable bonds is 6. The molecule has 178 valence electrons. The van der Waals surface area contributed by atoms with Crippen LogP contribution in [0, 0.1) is 0 Å². The van der Waals surface area contributed by atoms with Crippen LogP contribution in [0.25, 0.3) is 11.1 Å². The van der Waals surface area contributed by atoms with Crippen LogP contribution in [-0.4, -0.2) is 41.5 Å². The van der Waals surface area contributed by atoms with Gasteiger partial charge in [-0.05, 0) is 92.5 Å². The van der Waals surface area contributed by atoms with Crippen LogP contribution >= 0.6 is 11.9 Å². The number of nitrogens with two attached hydrogens (primary N) is 3. The summed E-state index contributed by atoms with van der Waals surface area (Å²) in [4.78, 5) is 1.39. The number of hydrogen-bond donors (Lipinski definition) is 6. The van der Waals surface area contributed by atoms with Crippen molar-refractivity contribution < 1.29 is 4.21 Å². The third kappa shape index (κ3) is 5.26. The molecule has 2 saturated heterocycles. The van der Waals surface area contributed by atoms with Gasteiger partial charge in [-0.3, -0.25) is 9.35 Å². The number of amidine groups is 1. The lowest BCUT2D eigenvalue weighted by Gasteiger charge is -2.25. The minimum atomic E-state index is -1.19. The zero-order valence-corrected chi connectivity index (χ0v) is 20.3. The fourth-order valence-corrected chi connectivity index (χ4v) is 7.18. The van der Waals surface area contributed by atoms with Crippen molar-refractivity contribution in [3.8, 4) is 11.1 Å². The topological polar surface area (TPSA) is 144 Å². The van der Waals surface area contributed by atoms with E-state index < -0.39 is 10.8 Å². The largest absolute Gasteiger partial charge is 0.321 e. The van der Waals surface area contributed by atoms with E-state index in [-0.39, 0.29) is 5.25 Å². The third-order valence-electron chi connectivity index (χ3n) is 6.58. The summed E-state index contributed by atoms with van der Waals surface area (Å²) in [5.41, 5.74) is 6.54. The van der Waals surface area contributed by atoms with Crippen LogP contribution in [0.1, 0.15) is 42.7 Å². The van der Waals surface area contributed by atoms with E-state index in [1.807, 2.05) is 12.1 Å². The van der Waals surface area contributed by atoms with Crippen LogP contribution in [0.15, 0.2) is 51.3 Å². The molecule has 10 heteroatoms. The Kier molecular flexibility index (Phi) is 8.39. The molecule has 8 nitrogen and oxygen atoms in total. The lowest BCUT2D eigenvalue weighted by Crippen LogP contribution is -2.35. The first-order valence-electron chi connectivity index (χ1n) is 11.4. The van der Waals surface area contributed by atoms with Crippen molar-refractivity contribution in [1.29, 1.82) is 0 Å². The van der Waals surface area contributed by atoms with Crippen LogP contribution < -0.4 is 32.9 Å². The summed E-state index contributed by atoms with van der Waals surface area (Å²) in [6.45, 7) is 3.86. The molecule has 2 aromatic carbocycles. The molecule has 0 radical (unpaired) electrons. The number of piperidine rings is 2. The fraction of sp³-hybridized carbons (Fsp3) is 0.435. The van der Waals surface area contributed by atoms with E-state index in [1.54, 1.807) is 0 Å². The Labute approximate surface area is 202 Å². The Morgan fingerprint density at radius 2 is 1.64 bits per heavy atom. The van der Waals surface area contributed by atoms with Gasteiger partial charge in [0.1, 0.15) is 0 Å². The van der Waals surface area contributed by atoms with Gasteiger partial charge in [-0.1, -0.05) is 30.3 Å². The van der Waals surface area contributed by atoms with Crippen molar-refractivity contribution in [1.82, 2.24) is 16.1 Å². The molecule has 0 saturated carbocycles. The SMILES string of the molecule is N/N=C(\NN)c1c(-c2ccc(C3CCNCC3)cc2)ccc(S(=O)C2CCNCC2)c1SN. The molecule has 1 atom stereocenters. The summed E-state index contributed by atoms with van der Waals surface area (Å²) in [6.07, 6.45) is 4.03. The second kappa shape index (κ2) is 11.5. The van der Waals surface area contributed by atoms with Gasteiger partial charge in [-0.15, -0.1) is 0 Å². The predicted molar refractivity (Wildman–Crippen MR) is 137 cm³/mol. The van der Waals surface area contributed by atoms with Gasteiger partial charge in [0.25, 0.3) is 0 Å². The van der Waals surface area contributed by atoms with E-state index in [2.05, 4.69) is 45.4 Å². The Morgan fingerprint density at radius 3 is 2.21 bits per heavy atom. The highest BCUT2D eigenvalue weighted by molar-refractivity contribution is 7.97. The summed E-state index contributed by atoms with van der Waals surface area (Å²) in [5.74, 6) is 12.3. The van der Waals surface area contributed by atoms with Gasteiger partial charge in [0, 0.05) is 10.8 Å². The molecule has 0 bridgehead atoms. The number of hydrogen-bond acceptors (Lipinski definition) is 8. The molecule has 0 aliphatic carbocycles. The lowest BCUT2D eigenvalue weighted by molar-refractivity contribution is 0.460. The van der Waals surface area contributed by atoms with Crippen LogP contribution in [-0.2, 0) is 10.8 Å². The molecular formula is C23H33N7OS2. The Balaban J connectivity index is 1.75. The van der Waals surface area contributed by atoms with E-state index in [0.717, 1.165) is 74.9 Å². The number of hydrazone groups is 1. The molecule has 1 unspecified atom stereocenters. The summed E-state index contributed by atoms with van der Waals surface area (Å²) in [5, 5.41) is 16.8. The van der Waals surface area contributed by atoms with E-state index in [1.165, 1.54) is 5.56 Å². The van der Waals surface area contributed by atoms with Crippen molar-refractivity contribution >= 4 is 28.6 Å². The van der Waals surface area contributed by atoms with Crippen LogP contribution in [0.3, 0.4) is 0 Å². The van der Waals surface area contributed by atoms with Gasteiger partial charge in [0.05, 0.1) is 20.6 Å². The molecule has 2 aliphatic rings. The quantitative estimate of drug-likeness (QED) is 0.119. The average molecular weight is 488 g/mol. The summed E-state index contributed by atoms with van der Waals surface area (Å²) < 4.78 is 13.5. The standard InChI is InChI=1S/C23H33N7OS2/c24-29-23(30-25)21-19(17-3-1-15(2-4-17)16-7-11-27-12-8-16)5-6-20(22(21)32-26)33(31)18-9-13-28-14-10-18/h1-6,16,18,27-28H,7-14,24-26H2,(H,29,30). The first kappa shape index (κ1) is 24.2. The number of nitrogens with one attached hydrogen (secondary N) is 3. The van der Waals surface area contributed by atoms with Crippen molar-refractivity contribution in [3.63, 3.8) is 0 Å². The molecule has 9 N–H and O–H groups in total. The Bertz CT molecular complexity index is 1000. The smallest absolute Gasteiger partial charge is 0.168 e. The second-order valence-corrected chi connectivity index (χ2v) is 10.8. The van der Waals surface area contributed by atoms with Gasteiger partial charge in [-0.2, -0.15) is 5.10 Å². The molecule has 0 amide bonds. The predicted octanol–water partition coefficient (Wildman–Crippen LogP) is 1.73. The van der Waals surface area contributed by atoms with Gasteiger partial charge in [0.2, 0.25) is 0 Å². The normalized spacial score (nSPS) is 19.4. The minimum Gasteiger partial charge on any atom is -0.321 e. The number of hydrazine groups is 1. The van der Waals surface area contributed by atoms with E-state index >= 15 is 0 Å². The number of nitrogens with zero attached hydrogens (tertiary/aromatic N) is 1. The Hall–Kier alpha value is -1.95. The zero-order chi connectivity index (χ0) is 23.2. The van der Waals surface area contributed by atoms with E-state index in [4.69, 9.17) is 16.8 Å². The third-order valence-corrected chi connectivity index (χ3v) is 9.22. The van der Waals surface area contributed by atoms with E-state index in [9.17, 15) is 4.21 Å². The van der Waals surface area contributed by atoms with Crippen molar-refractivity contribution in [2.45, 2.75) is 46.6 Å². The van der Waals surface area contributed by atoms with E-state index in [0.29, 0.717) is 27.1 Å². The van der Waals surface area contributed by atoms with Gasteiger partial charge >= 0.3 is 0 Å². The molecule has 2 heterocycles. The summed E-state index contributed by atoms with van der Waals surface area (Å²) in [7, 11) is -1.19. The first-order chi connectivity index (χ1) is 16.2. The fourth-order valence-electron chi connectivity index (χ4n) is 4.77. The summed E-state index contributed by atoms with van der Waals surface area (Å²) in [6, 6.07) is 12.5. The highest BCUT2D eigenvalue weighted by Gasteiger charge is 2.27. The molecule has 0 aromatic heterocycles. The molecule has 2 fully saturated rings. The number of benzene rings is 2. The van der Waals surface area contributed by atoms with Crippen molar-refractivity contribution in [2.75, 3.05) is 26.2 Å². The maximum atomic E-state index is 13.5. The monoisotopic (exact) mass is 487 g/mol.